The maximum Gasteiger partial charge on any atom is 0.414 e. The third-order valence-corrected chi connectivity index (χ3v) is 6.78. The first-order valence-corrected chi connectivity index (χ1v) is 12.1. The Bertz CT molecular complexity index is 1010. The van der Waals surface area contributed by atoms with Crippen LogP contribution in [0.2, 0.25) is 0 Å². The van der Waals surface area contributed by atoms with E-state index in [1.165, 1.54) is 0 Å². The van der Waals surface area contributed by atoms with Crippen LogP contribution in [0.4, 0.5) is 10.5 Å². The number of carbonyl (C=O) groups is 2. The molecule has 3 aliphatic rings. The van der Waals surface area contributed by atoms with Gasteiger partial charge in [0.05, 0.1) is 24.3 Å². The van der Waals surface area contributed by atoms with Crippen molar-refractivity contribution in [3.05, 3.63) is 47.1 Å². The predicted molar refractivity (Wildman–Crippen MR) is 130 cm³/mol. The molecule has 0 unspecified atom stereocenters. The Labute approximate surface area is 201 Å². The molecule has 34 heavy (non-hydrogen) atoms. The van der Waals surface area contributed by atoms with E-state index in [1.54, 1.807) is 4.90 Å². The van der Waals surface area contributed by atoms with Crippen molar-refractivity contribution in [1.29, 1.82) is 0 Å². The predicted octanol–water partition coefficient (Wildman–Crippen LogP) is 5.26. The second-order valence-corrected chi connectivity index (χ2v) is 9.98. The summed E-state index contributed by atoms with van der Waals surface area (Å²) in [4.78, 5) is 27.0. The van der Waals surface area contributed by atoms with Gasteiger partial charge >= 0.3 is 12.1 Å². The number of amides is 1. The van der Waals surface area contributed by atoms with Gasteiger partial charge in [-0.05, 0) is 57.4 Å². The zero-order valence-electron chi connectivity index (χ0n) is 20.9. The molecule has 0 aromatic heterocycles. The number of nitrogens with zero attached hydrogens (tertiary/aromatic N) is 1. The van der Waals surface area contributed by atoms with E-state index < -0.39 is 5.79 Å². The monoisotopic (exact) mass is 469 g/mol. The number of rotatable bonds is 1. The van der Waals surface area contributed by atoms with Crippen molar-refractivity contribution in [2.75, 3.05) is 18.1 Å². The van der Waals surface area contributed by atoms with E-state index in [1.807, 2.05) is 58.9 Å². The van der Waals surface area contributed by atoms with Crippen molar-refractivity contribution in [1.82, 2.24) is 0 Å². The summed E-state index contributed by atoms with van der Waals surface area (Å²) in [6, 6.07) is 3.69. The van der Waals surface area contributed by atoms with E-state index in [-0.39, 0.29) is 42.2 Å². The second-order valence-electron chi connectivity index (χ2n) is 9.98. The molecule has 0 saturated carbocycles. The molecule has 3 heterocycles. The first-order valence-electron chi connectivity index (χ1n) is 12.1. The zero-order chi connectivity index (χ0) is 24.6. The molecule has 5 atom stereocenters. The number of fused-ring (bicyclic) bond motifs is 2. The van der Waals surface area contributed by atoms with E-state index in [2.05, 4.69) is 19.1 Å². The van der Waals surface area contributed by atoms with Crippen LogP contribution < -0.4 is 4.90 Å². The molecule has 3 aliphatic heterocycles. The molecule has 0 bridgehead atoms. The Balaban J connectivity index is 1.75. The minimum absolute atomic E-state index is 0.0288. The van der Waals surface area contributed by atoms with E-state index in [4.69, 9.17) is 18.9 Å². The summed E-state index contributed by atoms with van der Waals surface area (Å²) in [5.41, 5.74) is 2.66. The normalized spacial score (nSPS) is 32.4. The smallest absolute Gasteiger partial charge is 0.414 e. The number of hydrogen-bond acceptors (Lipinski definition) is 6. The Hall–Kier alpha value is -2.64. The fourth-order valence-corrected chi connectivity index (χ4v) is 4.76. The molecular formula is C27H35NO6. The highest BCUT2D eigenvalue weighted by Crippen LogP contribution is 2.35. The molecule has 2 fully saturated rings. The quantitative estimate of drug-likeness (QED) is 0.412. The summed E-state index contributed by atoms with van der Waals surface area (Å²) in [5, 5.41) is 0. The van der Waals surface area contributed by atoms with Gasteiger partial charge in [0, 0.05) is 17.5 Å². The van der Waals surface area contributed by atoms with Crippen LogP contribution in [0.15, 0.2) is 30.4 Å². The molecule has 0 radical (unpaired) electrons. The molecule has 2 saturated heterocycles. The lowest BCUT2D eigenvalue weighted by Gasteiger charge is -2.23. The van der Waals surface area contributed by atoms with E-state index >= 15 is 0 Å². The highest BCUT2D eigenvalue weighted by atomic mass is 16.8. The van der Waals surface area contributed by atoms with Gasteiger partial charge in [-0.1, -0.05) is 38.2 Å². The number of benzene rings is 1. The number of hydrogen-bond donors (Lipinski definition) is 0. The lowest BCUT2D eigenvalue weighted by Crippen LogP contribution is -2.29. The fraction of sp³-hybridized carbons (Fsp3) is 0.556. The van der Waals surface area contributed by atoms with Gasteiger partial charge < -0.3 is 18.9 Å². The van der Waals surface area contributed by atoms with Crippen LogP contribution in [0.25, 0.3) is 6.08 Å². The van der Waals surface area contributed by atoms with Crippen LogP contribution in [-0.2, 0) is 18.9 Å². The summed E-state index contributed by atoms with van der Waals surface area (Å²) in [6.45, 7) is 12.6. The number of cyclic esters (lactones) is 2. The molecule has 7 nitrogen and oxygen atoms in total. The Morgan fingerprint density at radius 3 is 2.47 bits per heavy atom. The summed E-state index contributed by atoms with van der Waals surface area (Å²) in [5.74, 6) is -0.864. The number of carbonyl (C=O) groups excluding carboxylic acids is 2. The number of anilines is 1. The van der Waals surface area contributed by atoms with Crippen molar-refractivity contribution >= 4 is 23.8 Å². The van der Waals surface area contributed by atoms with Crippen molar-refractivity contribution in [3.8, 4) is 0 Å². The third-order valence-electron chi connectivity index (χ3n) is 6.78. The van der Waals surface area contributed by atoms with Gasteiger partial charge in [-0.2, -0.15) is 0 Å². The topological polar surface area (TPSA) is 74.3 Å². The summed E-state index contributed by atoms with van der Waals surface area (Å²) in [7, 11) is 0. The minimum Gasteiger partial charge on any atom is -0.458 e. The van der Waals surface area contributed by atoms with Crippen LogP contribution in [-0.4, -0.2) is 49.3 Å². The van der Waals surface area contributed by atoms with Gasteiger partial charge in [-0.25, -0.2) is 9.59 Å². The summed E-state index contributed by atoms with van der Waals surface area (Å²) in [6.07, 6.45) is 7.88. The minimum atomic E-state index is -0.658. The van der Waals surface area contributed by atoms with Crippen molar-refractivity contribution in [3.63, 3.8) is 0 Å². The lowest BCUT2D eigenvalue weighted by molar-refractivity contribution is -0.148. The van der Waals surface area contributed by atoms with E-state index in [9.17, 15) is 9.59 Å². The molecule has 184 valence electrons. The molecule has 0 N–H and O–H groups in total. The van der Waals surface area contributed by atoms with Crippen molar-refractivity contribution < 1.29 is 28.5 Å². The van der Waals surface area contributed by atoms with Gasteiger partial charge in [0.2, 0.25) is 0 Å². The molecule has 1 aromatic rings. The summed E-state index contributed by atoms with van der Waals surface area (Å²) < 4.78 is 23.4. The maximum absolute atomic E-state index is 13.3. The number of esters is 1. The fourth-order valence-electron chi connectivity index (χ4n) is 4.76. The molecule has 4 rings (SSSR count). The molecule has 0 spiro atoms. The number of aryl methyl sites for hydroxylation is 1. The molecule has 0 aliphatic carbocycles. The standard InChI is InChI=1S/C27H35NO6/c1-16-10-11-17(2)24-22(33-27(5,6)34-24)9-7-8-20-15-21(28-12-13-31-26(28)30)14-18(3)23(20)25(29)32-19(16)4/h7-8,10-11,14-17,19,22,24H,9,12-13H2,1-6H3/b8-7?,11-10-/t16-,17-,19+,22+,24-/m1/s1. The van der Waals surface area contributed by atoms with Crippen LogP contribution >= 0.6 is 0 Å². The maximum atomic E-state index is 13.3. The molecule has 1 amide bonds. The van der Waals surface area contributed by atoms with Gasteiger partial charge in [0.1, 0.15) is 12.7 Å². The van der Waals surface area contributed by atoms with E-state index in [0.29, 0.717) is 36.4 Å². The third kappa shape index (κ3) is 5.05. The SMILES string of the molecule is Cc1cc(N2CCOC2=O)cc2c1C(=O)O[C@@H](C)[C@H](C)/C=C\[C@@H](C)[C@H]1OC(C)(C)O[C@H]1CC=C2. The largest absolute Gasteiger partial charge is 0.458 e. The van der Waals surface area contributed by atoms with Gasteiger partial charge in [0.25, 0.3) is 0 Å². The first-order chi connectivity index (χ1) is 16.1. The molecule has 1 aromatic carbocycles. The van der Waals surface area contributed by atoms with E-state index in [0.717, 1.165) is 5.56 Å². The van der Waals surface area contributed by atoms with Crippen LogP contribution in [0.1, 0.15) is 62.5 Å². The zero-order valence-corrected chi connectivity index (χ0v) is 20.9. The first kappa shape index (κ1) is 24.5. The molecular weight excluding hydrogens is 434 g/mol. The summed E-state index contributed by atoms with van der Waals surface area (Å²) >= 11 is 0. The van der Waals surface area contributed by atoms with Gasteiger partial charge in [0.15, 0.2) is 5.79 Å². The average molecular weight is 470 g/mol. The van der Waals surface area contributed by atoms with Gasteiger partial charge in [-0.15, -0.1) is 0 Å². The van der Waals surface area contributed by atoms with Crippen molar-refractivity contribution in [2.24, 2.45) is 11.8 Å². The highest BCUT2D eigenvalue weighted by molar-refractivity contribution is 5.98. The average Bonchev–Trinajstić information content (AvgIpc) is 3.32. The Morgan fingerprint density at radius 2 is 1.76 bits per heavy atom. The lowest BCUT2D eigenvalue weighted by atomic mass is 9.94. The second kappa shape index (κ2) is 9.55. The highest BCUT2D eigenvalue weighted by Gasteiger charge is 2.42. The molecule has 7 heteroatoms. The Morgan fingerprint density at radius 1 is 1.03 bits per heavy atom. The van der Waals surface area contributed by atoms with Crippen molar-refractivity contribution in [2.45, 2.75) is 72.1 Å². The number of ether oxygens (including phenoxy) is 4. The van der Waals surface area contributed by atoms with Crippen LogP contribution in [0.3, 0.4) is 0 Å². The van der Waals surface area contributed by atoms with Crippen LogP contribution in [0, 0.1) is 18.8 Å². The van der Waals surface area contributed by atoms with Crippen LogP contribution in [0.5, 0.6) is 0 Å². The Kier molecular flexibility index (Phi) is 6.87. The van der Waals surface area contributed by atoms with Gasteiger partial charge in [-0.3, -0.25) is 4.90 Å².